The second-order valence-corrected chi connectivity index (χ2v) is 4.50. The summed E-state index contributed by atoms with van der Waals surface area (Å²) in [5.41, 5.74) is -0.111. The Labute approximate surface area is 124 Å². The summed E-state index contributed by atoms with van der Waals surface area (Å²) in [4.78, 5) is 18.6. The van der Waals surface area contributed by atoms with Gasteiger partial charge in [0.25, 0.3) is 0 Å². The molecule has 0 aromatic carbocycles. The smallest absolute Gasteiger partial charge is 0.353 e. The van der Waals surface area contributed by atoms with Crippen molar-refractivity contribution in [1.29, 1.82) is 0 Å². The van der Waals surface area contributed by atoms with Gasteiger partial charge in [-0.05, 0) is 19.3 Å². The van der Waals surface area contributed by atoms with Gasteiger partial charge >= 0.3 is 5.69 Å². The first-order valence-electron chi connectivity index (χ1n) is 7.25. The first-order valence-corrected chi connectivity index (χ1v) is 7.25. The number of hydrogen-bond donors (Lipinski definition) is 2. The molecule has 8 heteroatoms. The minimum atomic E-state index is -0.464. The van der Waals surface area contributed by atoms with Crippen molar-refractivity contribution < 1.29 is 9.66 Å². The van der Waals surface area contributed by atoms with Crippen LogP contribution in [0.3, 0.4) is 0 Å². The van der Waals surface area contributed by atoms with Crippen LogP contribution in [0.2, 0.25) is 0 Å². The third-order valence-electron chi connectivity index (χ3n) is 2.65. The maximum absolute atomic E-state index is 11.2. The zero-order valence-electron chi connectivity index (χ0n) is 12.6. The Kier molecular flexibility index (Phi) is 8.03. The summed E-state index contributed by atoms with van der Waals surface area (Å²) < 4.78 is 5.36. The lowest BCUT2D eigenvalue weighted by Crippen LogP contribution is -2.12. The number of nitrogens with zero attached hydrogens (tertiary/aromatic N) is 3. The van der Waals surface area contributed by atoms with Gasteiger partial charge in [0.2, 0.25) is 11.6 Å². The van der Waals surface area contributed by atoms with E-state index in [-0.39, 0.29) is 17.3 Å². The minimum absolute atomic E-state index is 0.111. The average Bonchev–Trinajstić information content (AvgIpc) is 2.48. The fourth-order valence-corrected chi connectivity index (χ4v) is 1.68. The number of ether oxygens (including phenoxy) is 1. The van der Waals surface area contributed by atoms with E-state index in [4.69, 9.17) is 4.74 Å². The number of aromatic nitrogens is 2. The molecule has 2 N–H and O–H groups in total. The molecule has 0 saturated heterocycles. The molecule has 0 aliphatic carbocycles. The number of nitrogens with one attached hydrogen (secondary N) is 2. The molecule has 0 aliphatic rings. The Morgan fingerprint density at radius 2 is 1.81 bits per heavy atom. The summed E-state index contributed by atoms with van der Waals surface area (Å²) in [7, 11) is 0. The lowest BCUT2D eigenvalue weighted by atomic mass is 10.3. The van der Waals surface area contributed by atoms with Crippen LogP contribution in [0.15, 0.2) is 6.33 Å². The summed E-state index contributed by atoms with van der Waals surface area (Å²) in [6.45, 7) is 6.58. The number of anilines is 2. The van der Waals surface area contributed by atoms with Crippen LogP contribution in [-0.4, -0.2) is 41.2 Å². The van der Waals surface area contributed by atoms with Crippen molar-refractivity contribution in [3.63, 3.8) is 0 Å². The van der Waals surface area contributed by atoms with E-state index in [1.165, 1.54) is 6.33 Å². The van der Waals surface area contributed by atoms with E-state index < -0.39 is 4.92 Å². The number of nitro groups is 1. The molecule has 118 valence electrons. The van der Waals surface area contributed by atoms with Crippen molar-refractivity contribution >= 4 is 17.3 Å². The van der Waals surface area contributed by atoms with Crippen LogP contribution in [0.25, 0.3) is 0 Å². The Morgan fingerprint density at radius 3 is 2.38 bits per heavy atom. The maximum Gasteiger partial charge on any atom is 0.353 e. The predicted octanol–water partition coefficient (Wildman–Crippen LogP) is 2.44. The molecule has 0 radical (unpaired) electrons. The molecular weight excluding hydrogens is 274 g/mol. The molecule has 1 aromatic heterocycles. The lowest BCUT2D eigenvalue weighted by Gasteiger charge is -2.09. The normalized spacial score (nSPS) is 10.4. The van der Waals surface area contributed by atoms with E-state index in [2.05, 4.69) is 20.6 Å². The van der Waals surface area contributed by atoms with Crippen molar-refractivity contribution in [2.45, 2.75) is 33.1 Å². The Balaban J connectivity index is 2.61. The van der Waals surface area contributed by atoms with Crippen molar-refractivity contribution in [3.8, 4) is 0 Å². The number of hydrogen-bond acceptors (Lipinski definition) is 7. The standard InChI is InChI=1S/C13H23N5O3/c1-3-6-14-12-11(18(19)20)13(17-10-16-12)15-7-5-9-21-8-4-2/h10H,3-9H2,1-2H3,(H2,14,15,16,17). The van der Waals surface area contributed by atoms with Crippen LogP contribution in [0.4, 0.5) is 17.3 Å². The molecule has 0 fully saturated rings. The van der Waals surface area contributed by atoms with Gasteiger partial charge in [0.15, 0.2) is 0 Å². The maximum atomic E-state index is 11.2. The van der Waals surface area contributed by atoms with Crippen LogP contribution < -0.4 is 10.6 Å². The van der Waals surface area contributed by atoms with Crippen LogP contribution >= 0.6 is 0 Å². The second-order valence-electron chi connectivity index (χ2n) is 4.50. The van der Waals surface area contributed by atoms with Crippen LogP contribution in [0.5, 0.6) is 0 Å². The first-order chi connectivity index (χ1) is 10.2. The van der Waals surface area contributed by atoms with E-state index in [9.17, 15) is 10.1 Å². The molecule has 1 heterocycles. The van der Waals surface area contributed by atoms with Gasteiger partial charge < -0.3 is 15.4 Å². The van der Waals surface area contributed by atoms with Crippen LogP contribution in [0.1, 0.15) is 33.1 Å². The van der Waals surface area contributed by atoms with Crippen LogP contribution in [0, 0.1) is 10.1 Å². The monoisotopic (exact) mass is 297 g/mol. The highest BCUT2D eigenvalue weighted by molar-refractivity contribution is 5.69. The zero-order valence-corrected chi connectivity index (χ0v) is 12.6. The first kappa shape index (κ1) is 17.1. The Hall–Kier alpha value is -1.96. The molecule has 21 heavy (non-hydrogen) atoms. The quantitative estimate of drug-likeness (QED) is 0.367. The summed E-state index contributed by atoms with van der Waals surface area (Å²) in [6, 6.07) is 0. The summed E-state index contributed by atoms with van der Waals surface area (Å²) in [5, 5.41) is 17.1. The molecule has 8 nitrogen and oxygen atoms in total. The van der Waals surface area contributed by atoms with Crippen molar-refractivity contribution in [2.75, 3.05) is 36.9 Å². The van der Waals surface area contributed by atoms with Gasteiger partial charge in [0.05, 0.1) is 4.92 Å². The van der Waals surface area contributed by atoms with E-state index in [1.807, 2.05) is 13.8 Å². The molecule has 0 unspecified atom stereocenters. The Bertz CT molecular complexity index is 442. The molecule has 0 spiro atoms. The highest BCUT2D eigenvalue weighted by Gasteiger charge is 2.22. The molecule has 1 rings (SSSR count). The van der Waals surface area contributed by atoms with Crippen molar-refractivity contribution in [2.24, 2.45) is 0 Å². The van der Waals surface area contributed by atoms with Gasteiger partial charge in [-0.15, -0.1) is 0 Å². The molecule has 0 aliphatic heterocycles. The topological polar surface area (TPSA) is 102 Å². The number of rotatable bonds is 11. The van der Waals surface area contributed by atoms with Gasteiger partial charge in [-0.3, -0.25) is 10.1 Å². The molecule has 0 bridgehead atoms. The van der Waals surface area contributed by atoms with Gasteiger partial charge in [-0.1, -0.05) is 13.8 Å². The van der Waals surface area contributed by atoms with Crippen molar-refractivity contribution in [1.82, 2.24) is 9.97 Å². The molecule has 0 atom stereocenters. The predicted molar refractivity (Wildman–Crippen MR) is 81.7 cm³/mol. The fourth-order valence-electron chi connectivity index (χ4n) is 1.68. The highest BCUT2D eigenvalue weighted by atomic mass is 16.6. The SMILES string of the molecule is CCCNc1ncnc(NCCCOCCC)c1[N+](=O)[O-]. The molecular formula is C13H23N5O3. The molecule has 0 amide bonds. The molecule has 0 saturated carbocycles. The van der Waals surface area contributed by atoms with E-state index in [1.54, 1.807) is 0 Å². The van der Waals surface area contributed by atoms with Crippen molar-refractivity contribution in [3.05, 3.63) is 16.4 Å². The zero-order chi connectivity index (χ0) is 15.5. The lowest BCUT2D eigenvalue weighted by molar-refractivity contribution is -0.383. The highest BCUT2D eigenvalue weighted by Crippen LogP contribution is 2.28. The average molecular weight is 297 g/mol. The Morgan fingerprint density at radius 1 is 1.14 bits per heavy atom. The van der Waals surface area contributed by atoms with E-state index in [0.29, 0.717) is 19.7 Å². The van der Waals surface area contributed by atoms with Gasteiger partial charge in [-0.25, -0.2) is 9.97 Å². The van der Waals surface area contributed by atoms with Crippen LogP contribution in [-0.2, 0) is 4.74 Å². The summed E-state index contributed by atoms with van der Waals surface area (Å²) >= 11 is 0. The molecule has 1 aromatic rings. The third kappa shape index (κ3) is 5.90. The fraction of sp³-hybridized carbons (Fsp3) is 0.692. The third-order valence-corrected chi connectivity index (χ3v) is 2.65. The summed E-state index contributed by atoms with van der Waals surface area (Å²) in [5.74, 6) is 0.491. The van der Waals surface area contributed by atoms with Gasteiger partial charge in [0, 0.05) is 26.3 Å². The van der Waals surface area contributed by atoms with E-state index >= 15 is 0 Å². The summed E-state index contributed by atoms with van der Waals surface area (Å²) in [6.07, 6.45) is 3.93. The van der Waals surface area contributed by atoms with Gasteiger partial charge in [-0.2, -0.15) is 0 Å². The van der Waals surface area contributed by atoms with E-state index in [0.717, 1.165) is 25.9 Å². The largest absolute Gasteiger partial charge is 0.381 e. The second kappa shape index (κ2) is 9.87. The van der Waals surface area contributed by atoms with Gasteiger partial charge in [0.1, 0.15) is 6.33 Å². The minimum Gasteiger partial charge on any atom is -0.381 e.